The van der Waals surface area contributed by atoms with E-state index in [-0.39, 0.29) is 30.6 Å². The first-order valence-electron chi connectivity index (χ1n) is 12.1. The van der Waals surface area contributed by atoms with Crippen molar-refractivity contribution in [2.75, 3.05) is 13.2 Å². The SMILES string of the molecule is C=CCN1C(=O)C[C@@H](OCc2ccccc2)C(OCc2ccccc2)[C@H]1COCc1ccccc1. The van der Waals surface area contributed by atoms with Crippen molar-refractivity contribution >= 4 is 5.91 Å². The largest absolute Gasteiger partial charge is 0.375 e. The van der Waals surface area contributed by atoms with Crippen LogP contribution in [0.2, 0.25) is 0 Å². The summed E-state index contributed by atoms with van der Waals surface area (Å²) in [6.07, 6.45) is 1.29. The van der Waals surface area contributed by atoms with Gasteiger partial charge in [0.2, 0.25) is 5.91 Å². The Balaban J connectivity index is 1.52. The fraction of sp³-hybridized carbons (Fsp3) is 0.300. The number of carbonyl (C=O) groups is 1. The van der Waals surface area contributed by atoms with Gasteiger partial charge in [-0.1, -0.05) is 97.1 Å². The van der Waals surface area contributed by atoms with E-state index in [1.807, 2.05) is 95.9 Å². The van der Waals surface area contributed by atoms with Gasteiger partial charge in [0.25, 0.3) is 0 Å². The van der Waals surface area contributed by atoms with Crippen molar-refractivity contribution in [3.8, 4) is 0 Å². The molecule has 35 heavy (non-hydrogen) atoms. The molecule has 0 N–H and O–H groups in total. The maximum atomic E-state index is 13.2. The molecule has 182 valence electrons. The molecular weight excluding hydrogens is 438 g/mol. The minimum atomic E-state index is -0.377. The maximum Gasteiger partial charge on any atom is 0.225 e. The highest BCUT2D eigenvalue weighted by molar-refractivity contribution is 5.78. The maximum absolute atomic E-state index is 13.2. The molecule has 1 saturated heterocycles. The molecule has 0 bridgehead atoms. The zero-order chi connectivity index (χ0) is 24.3. The van der Waals surface area contributed by atoms with Gasteiger partial charge < -0.3 is 19.1 Å². The van der Waals surface area contributed by atoms with Crippen LogP contribution in [0, 0.1) is 0 Å². The Kier molecular flexibility index (Phi) is 9.24. The molecule has 1 unspecified atom stereocenters. The van der Waals surface area contributed by atoms with E-state index in [1.54, 1.807) is 6.08 Å². The quantitative estimate of drug-likeness (QED) is 0.342. The lowest BCUT2D eigenvalue weighted by molar-refractivity contribution is -0.175. The van der Waals surface area contributed by atoms with Gasteiger partial charge in [-0.3, -0.25) is 4.79 Å². The van der Waals surface area contributed by atoms with Crippen LogP contribution in [0.15, 0.2) is 104 Å². The monoisotopic (exact) mass is 471 g/mol. The van der Waals surface area contributed by atoms with Crippen molar-refractivity contribution in [1.82, 2.24) is 4.90 Å². The van der Waals surface area contributed by atoms with Crippen molar-refractivity contribution in [2.45, 2.75) is 44.5 Å². The summed E-state index contributed by atoms with van der Waals surface area (Å²) in [4.78, 5) is 15.0. The normalized spacial score (nSPS) is 20.1. The van der Waals surface area contributed by atoms with Gasteiger partial charge in [-0.25, -0.2) is 0 Å². The van der Waals surface area contributed by atoms with Crippen LogP contribution in [0.3, 0.4) is 0 Å². The average Bonchev–Trinajstić information content (AvgIpc) is 2.90. The van der Waals surface area contributed by atoms with Crippen LogP contribution in [0.25, 0.3) is 0 Å². The standard InChI is InChI=1S/C30H33NO4/c1-2-18-31-27(23-33-20-24-12-6-3-7-13-24)30(35-22-26-16-10-5-11-17-26)28(19-29(31)32)34-21-25-14-8-4-9-15-25/h2-17,27-28,30H,1,18-23H2/t27-,28-,30?/m1/s1. The average molecular weight is 472 g/mol. The summed E-state index contributed by atoms with van der Waals surface area (Å²) in [6, 6.07) is 29.8. The summed E-state index contributed by atoms with van der Waals surface area (Å²) in [5.74, 6) is 0.0239. The van der Waals surface area contributed by atoms with E-state index in [0.717, 1.165) is 16.7 Å². The Morgan fingerprint density at radius 2 is 1.29 bits per heavy atom. The van der Waals surface area contributed by atoms with Crippen molar-refractivity contribution in [2.24, 2.45) is 0 Å². The highest BCUT2D eigenvalue weighted by Crippen LogP contribution is 2.27. The summed E-state index contributed by atoms with van der Waals surface area (Å²) in [5, 5.41) is 0. The Hall–Kier alpha value is -3.25. The lowest BCUT2D eigenvalue weighted by Gasteiger charge is -2.44. The molecule has 1 amide bonds. The molecule has 3 aromatic carbocycles. The molecule has 4 rings (SSSR count). The second-order valence-electron chi connectivity index (χ2n) is 8.70. The highest BCUT2D eigenvalue weighted by atomic mass is 16.5. The molecule has 1 aliphatic heterocycles. The Bertz CT molecular complexity index is 1040. The number of benzene rings is 3. The van der Waals surface area contributed by atoms with E-state index in [0.29, 0.717) is 33.0 Å². The smallest absolute Gasteiger partial charge is 0.225 e. The molecule has 1 aliphatic rings. The zero-order valence-corrected chi connectivity index (χ0v) is 20.0. The number of piperidine rings is 1. The number of ether oxygens (including phenoxy) is 3. The predicted molar refractivity (Wildman–Crippen MR) is 136 cm³/mol. The molecule has 5 heteroatoms. The summed E-state index contributed by atoms with van der Waals surface area (Å²) in [6.45, 7) is 5.96. The molecule has 3 aromatic rings. The minimum Gasteiger partial charge on any atom is -0.375 e. The van der Waals surface area contributed by atoms with Crippen LogP contribution < -0.4 is 0 Å². The van der Waals surface area contributed by atoms with Gasteiger partial charge >= 0.3 is 0 Å². The lowest BCUT2D eigenvalue weighted by Crippen LogP contribution is -2.60. The first kappa shape index (κ1) is 24.9. The minimum absolute atomic E-state index is 0.0239. The first-order chi connectivity index (χ1) is 17.2. The second-order valence-corrected chi connectivity index (χ2v) is 8.70. The van der Waals surface area contributed by atoms with E-state index in [9.17, 15) is 4.79 Å². The van der Waals surface area contributed by atoms with Crippen molar-refractivity contribution in [3.63, 3.8) is 0 Å². The second kappa shape index (κ2) is 13.0. The number of rotatable bonds is 12. The molecule has 0 spiro atoms. The Morgan fingerprint density at radius 3 is 1.83 bits per heavy atom. The van der Waals surface area contributed by atoms with Gasteiger partial charge in [-0.2, -0.15) is 0 Å². The number of likely N-dealkylation sites (tertiary alicyclic amines) is 1. The third-order valence-corrected chi connectivity index (χ3v) is 6.16. The van der Waals surface area contributed by atoms with Gasteiger partial charge in [0, 0.05) is 6.54 Å². The van der Waals surface area contributed by atoms with Crippen molar-refractivity contribution in [1.29, 1.82) is 0 Å². The van der Waals surface area contributed by atoms with Crippen LogP contribution in [-0.4, -0.2) is 42.2 Å². The summed E-state index contributed by atoms with van der Waals surface area (Å²) >= 11 is 0. The zero-order valence-electron chi connectivity index (χ0n) is 20.0. The van der Waals surface area contributed by atoms with E-state index in [1.165, 1.54) is 0 Å². The molecule has 3 atom stereocenters. The molecule has 0 aromatic heterocycles. The van der Waals surface area contributed by atoms with E-state index >= 15 is 0 Å². The predicted octanol–water partition coefficient (Wildman–Crippen LogP) is 5.16. The van der Waals surface area contributed by atoms with Gasteiger partial charge in [0.15, 0.2) is 0 Å². The number of amides is 1. The topological polar surface area (TPSA) is 48.0 Å². The molecule has 1 fully saturated rings. The van der Waals surface area contributed by atoms with Crippen LogP contribution in [0.4, 0.5) is 0 Å². The summed E-state index contributed by atoms with van der Waals surface area (Å²) < 4.78 is 18.9. The molecule has 1 heterocycles. The molecule has 0 radical (unpaired) electrons. The van der Waals surface area contributed by atoms with Crippen LogP contribution >= 0.6 is 0 Å². The Morgan fingerprint density at radius 1 is 0.771 bits per heavy atom. The third-order valence-electron chi connectivity index (χ3n) is 6.16. The van der Waals surface area contributed by atoms with Crippen LogP contribution in [-0.2, 0) is 38.8 Å². The fourth-order valence-electron chi connectivity index (χ4n) is 4.36. The summed E-state index contributed by atoms with van der Waals surface area (Å²) in [7, 11) is 0. The van der Waals surface area contributed by atoms with E-state index < -0.39 is 0 Å². The number of nitrogens with zero attached hydrogens (tertiary/aromatic N) is 1. The first-order valence-corrected chi connectivity index (χ1v) is 12.1. The molecule has 0 saturated carbocycles. The van der Waals surface area contributed by atoms with Gasteiger partial charge in [0.05, 0.1) is 45.0 Å². The number of carbonyl (C=O) groups excluding carboxylic acids is 1. The van der Waals surface area contributed by atoms with E-state index in [2.05, 4.69) is 6.58 Å². The van der Waals surface area contributed by atoms with Gasteiger partial charge in [-0.05, 0) is 16.7 Å². The summed E-state index contributed by atoms with van der Waals surface area (Å²) in [5.41, 5.74) is 3.22. The van der Waals surface area contributed by atoms with E-state index in [4.69, 9.17) is 14.2 Å². The van der Waals surface area contributed by atoms with Gasteiger partial charge in [0.1, 0.15) is 6.10 Å². The Labute approximate surface area is 207 Å². The van der Waals surface area contributed by atoms with Crippen LogP contribution in [0.1, 0.15) is 23.1 Å². The van der Waals surface area contributed by atoms with Gasteiger partial charge in [-0.15, -0.1) is 6.58 Å². The van der Waals surface area contributed by atoms with Crippen LogP contribution in [0.5, 0.6) is 0 Å². The molecule has 5 nitrogen and oxygen atoms in total. The highest BCUT2D eigenvalue weighted by Gasteiger charge is 2.43. The lowest BCUT2D eigenvalue weighted by atomic mass is 9.95. The number of hydrogen-bond acceptors (Lipinski definition) is 4. The fourth-order valence-corrected chi connectivity index (χ4v) is 4.36. The molecule has 0 aliphatic carbocycles. The van der Waals surface area contributed by atoms with Crippen molar-refractivity contribution in [3.05, 3.63) is 120 Å². The number of hydrogen-bond donors (Lipinski definition) is 0. The molecular formula is C30H33NO4. The van der Waals surface area contributed by atoms with Crippen molar-refractivity contribution < 1.29 is 19.0 Å². The third kappa shape index (κ3) is 7.12.